The fourth-order valence-electron chi connectivity index (χ4n) is 1.13. The first kappa shape index (κ1) is 10.2. The van der Waals surface area contributed by atoms with Crippen LogP contribution in [0.25, 0.3) is 0 Å². The first-order chi connectivity index (χ1) is 6.33. The Morgan fingerprint density at radius 2 is 2.31 bits per heavy atom. The Morgan fingerprint density at radius 3 is 2.92 bits per heavy atom. The topological polar surface area (TPSA) is 42.7 Å². The predicted molar refractivity (Wildman–Crippen MR) is 52.5 cm³/mol. The van der Waals surface area contributed by atoms with Crippen molar-refractivity contribution in [2.24, 2.45) is 7.05 Å². The molecule has 0 saturated heterocycles. The fraction of sp³-hybridized carbons (Fsp3) is 0.778. The molecule has 0 atom stereocenters. The van der Waals surface area contributed by atoms with Crippen LogP contribution in [0.3, 0.4) is 0 Å². The monoisotopic (exact) mass is 182 g/mol. The van der Waals surface area contributed by atoms with Crippen molar-refractivity contribution in [3.8, 4) is 0 Å². The zero-order valence-electron chi connectivity index (χ0n) is 8.45. The van der Waals surface area contributed by atoms with Crippen LogP contribution in [0.1, 0.15) is 25.6 Å². The van der Waals surface area contributed by atoms with Crippen LogP contribution in [0, 0.1) is 0 Å². The van der Waals surface area contributed by atoms with Crippen LogP contribution in [-0.2, 0) is 13.5 Å². The maximum absolute atomic E-state index is 4.19. The number of nitrogens with zero attached hydrogens (tertiary/aromatic N) is 3. The molecule has 1 aromatic rings. The zero-order chi connectivity index (χ0) is 9.52. The van der Waals surface area contributed by atoms with Gasteiger partial charge in [-0.2, -0.15) is 5.10 Å². The van der Waals surface area contributed by atoms with Gasteiger partial charge in [-0.3, -0.25) is 4.68 Å². The van der Waals surface area contributed by atoms with E-state index in [1.165, 1.54) is 12.8 Å². The summed E-state index contributed by atoms with van der Waals surface area (Å²) in [7, 11) is 1.89. The molecule has 0 spiro atoms. The summed E-state index contributed by atoms with van der Waals surface area (Å²) in [5.41, 5.74) is 0. The molecule has 0 aromatic carbocycles. The van der Waals surface area contributed by atoms with E-state index < -0.39 is 0 Å². The first-order valence-electron chi connectivity index (χ1n) is 4.88. The molecule has 0 amide bonds. The predicted octanol–water partition coefficient (Wildman–Crippen LogP) is 0.747. The Labute approximate surface area is 79.4 Å². The Bertz CT molecular complexity index is 231. The van der Waals surface area contributed by atoms with Gasteiger partial charge in [-0.25, -0.2) is 4.98 Å². The molecule has 0 aliphatic heterocycles. The molecule has 1 heterocycles. The third-order valence-corrected chi connectivity index (χ3v) is 1.88. The largest absolute Gasteiger partial charge is 0.316 e. The summed E-state index contributed by atoms with van der Waals surface area (Å²) in [5, 5.41) is 7.55. The van der Waals surface area contributed by atoms with Gasteiger partial charge in [0.05, 0.1) is 0 Å². The molecule has 1 N–H and O–H groups in total. The molecule has 0 aliphatic rings. The second-order valence-corrected chi connectivity index (χ2v) is 3.19. The van der Waals surface area contributed by atoms with E-state index in [-0.39, 0.29) is 0 Å². The van der Waals surface area contributed by atoms with E-state index in [0.29, 0.717) is 0 Å². The van der Waals surface area contributed by atoms with Crippen LogP contribution < -0.4 is 5.32 Å². The molecule has 74 valence electrons. The number of aromatic nitrogens is 3. The zero-order valence-corrected chi connectivity index (χ0v) is 8.45. The number of hydrogen-bond acceptors (Lipinski definition) is 3. The van der Waals surface area contributed by atoms with E-state index in [1.54, 1.807) is 11.0 Å². The summed E-state index contributed by atoms with van der Waals surface area (Å²) in [5.74, 6) is 0.923. The summed E-state index contributed by atoms with van der Waals surface area (Å²) >= 11 is 0. The molecule has 13 heavy (non-hydrogen) atoms. The first-order valence-corrected chi connectivity index (χ1v) is 4.88. The van der Waals surface area contributed by atoms with Crippen LogP contribution >= 0.6 is 0 Å². The molecule has 1 aromatic heterocycles. The van der Waals surface area contributed by atoms with Gasteiger partial charge < -0.3 is 5.32 Å². The molecule has 0 radical (unpaired) electrons. The minimum Gasteiger partial charge on any atom is -0.316 e. The highest BCUT2D eigenvalue weighted by atomic mass is 15.3. The van der Waals surface area contributed by atoms with Crippen LogP contribution in [0.15, 0.2) is 6.33 Å². The van der Waals surface area contributed by atoms with Crippen molar-refractivity contribution < 1.29 is 0 Å². The highest BCUT2D eigenvalue weighted by molar-refractivity contribution is 4.81. The number of hydrogen-bond donors (Lipinski definition) is 1. The van der Waals surface area contributed by atoms with Crippen molar-refractivity contribution in [3.63, 3.8) is 0 Å². The lowest BCUT2D eigenvalue weighted by Crippen LogP contribution is -2.18. The molecular formula is C9H18N4. The average molecular weight is 182 g/mol. The Hall–Kier alpha value is -0.900. The Balaban J connectivity index is 2.06. The van der Waals surface area contributed by atoms with Crippen LogP contribution in [0.5, 0.6) is 0 Å². The smallest absolute Gasteiger partial charge is 0.151 e. The molecule has 0 fully saturated rings. The molecule has 0 aliphatic carbocycles. The van der Waals surface area contributed by atoms with Gasteiger partial charge >= 0.3 is 0 Å². The van der Waals surface area contributed by atoms with Gasteiger partial charge in [0.2, 0.25) is 0 Å². The SMILES string of the molecule is CCCCNCCc1ncn(C)n1. The van der Waals surface area contributed by atoms with Gasteiger partial charge in [0.1, 0.15) is 6.33 Å². The lowest BCUT2D eigenvalue weighted by Gasteiger charge is -2.00. The molecule has 4 heteroatoms. The highest BCUT2D eigenvalue weighted by Gasteiger charge is 1.96. The van der Waals surface area contributed by atoms with Crippen LogP contribution in [-0.4, -0.2) is 27.9 Å². The van der Waals surface area contributed by atoms with Gasteiger partial charge in [0.25, 0.3) is 0 Å². The second-order valence-electron chi connectivity index (χ2n) is 3.19. The van der Waals surface area contributed by atoms with E-state index in [2.05, 4.69) is 22.3 Å². The highest BCUT2D eigenvalue weighted by Crippen LogP contribution is 1.88. The van der Waals surface area contributed by atoms with Crippen molar-refractivity contribution in [3.05, 3.63) is 12.2 Å². The second kappa shape index (κ2) is 5.70. The van der Waals surface area contributed by atoms with Crippen molar-refractivity contribution >= 4 is 0 Å². The number of rotatable bonds is 6. The van der Waals surface area contributed by atoms with Gasteiger partial charge in [-0.15, -0.1) is 0 Å². The quantitative estimate of drug-likeness (QED) is 0.660. The van der Waals surface area contributed by atoms with Crippen molar-refractivity contribution in [1.82, 2.24) is 20.1 Å². The van der Waals surface area contributed by atoms with Gasteiger partial charge in [-0.05, 0) is 13.0 Å². The van der Waals surface area contributed by atoms with Gasteiger partial charge in [0.15, 0.2) is 5.82 Å². The summed E-state index contributed by atoms with van der Waals surface area (Å²) in [6, 6.07) is 0. The summed E-state index contributed by atoms with van der Waals surface area (Å²) in [4.78, 5) is 4.15. The van der Waals surface area contributed by atoms with Crippen molar-refractivity contribution in [1.29, 1.82) is 0 Å². The van der Waals surface area contributed by atoms with E-state index >= 15 is 0 Å². The minimum absolute atomic E-state index is 0.921. The van der Waals surface area contributed by atoms with E-state index in [9.17, 15) is 0 Å². The standard InChI is InChI=1S/C9H18N4/c1-3-4-6-10-7-5-9-11-8-13(2)12-9/h8,10H,3-7H2,1-2H3. The summed E-state index contributed by atoms with van der Waals surface area (Å²) in [6.45, 7) is 4.27. The number of aryl methyl sites for hydroxylation is 1. The lowest BCUT2D eigenvalue weighted by atomic mass is 10.3. The van der Waals surface area contributed by atoms with Crippen LogP contribution in [0.4, 0.5) is 0 Å². The average Bonchev–Trinajstić information content (AvgIpc) is 2.51. The summed E-state index contributed by atoms with van der Waals surface area (Å²) < 4.78 is 1.74. The van der Waals surface area contributed by atoms with E-state index in [1.807, 2.05) is 7.05 Å². The number of nitrogens with one attached hydrogen (secondary N) is 1. The Morgan fingerprint density at radius 1 is 1.46 bits per heavy atom. The van der Waals surface area contributed by atoms with Crippen molar-refractivity contribution in [2.75, 3.05) is 13.1 Å². The lowest BCUT2D eigenvalue weighted by molar-refractivity contribution is 0.627. The minimum atomic E-state index is 0.921. The van der Waals surface area contributed by atoms with Crippen molar-refractivity contribution in [2.45, 2.75) is 26.2 Å². The van der Waals surface area contributed by atoms with E-state index in [4.69, 9.17) is 0 Å². The molecule has 0 bridgehead atoms. The molecule has 1 rings (SSSR count). The molecule has 0 saturated carbocycles. The third kappa shape index (κ3) is 4.03. The normalized spacial score (nSPS) is 10.6. The van der Waals surface area contributed by atoms with Gasteiger partial charge in [0, 0.05) is 20.0 Å². The number of unbranched alkanes of at least 4 members (excludes halogenated alkanes) is 1. The van der Waals surface area contributed by atoms with E-state index in [0.717, 1.165) is 25.3 Å². The van der Waals surface area contributed by atoms with Gasteiger partial charge in [-0.1, -0.05) is 13.3 Å². The Kier molecular flexibility index (Phi) is 4.46. The summed E-state index contributed by atoms with van der Waals surface area (Å²) in [6.07, 6.45) is 5.15. The molecular weight excluding hydrogens is 164 g/mol. The fourth-order valence-corrected chi connectivity index (χ4v) is 1.13. The molecule has 0 unspecified atom stereocenters. The maximum Gasteiger partial charge on any atom is 0.151 e. The third-order valence-electron chi connectivity index (χ3n) is 1.88. The maximum atomic E-state index is 4.19. The van der Waals surface area contributed by atoms with Crippen LogP contribution in [0.2, 0.25) is 0 Å². The molecule has 4 nitrogen and oxygen atoms in total.